The highest BCUT2D eigenvalue weighted by atomic mass is 16.7. The van der Waals surface area contributed by atoms with Gasteiger partial charge in [-0.2, -0.15) is 0 Å². The van der Waals surface area contributed by atoms with Crippen molar-refractivity contribution in [1.82, 2.24) is 4.98 Å². The Balaban J connectivity index is 1.88. The molecule has 0 radical (unpaired) electrons. The van der Waals surface area contributed by atoms with Gasteiger partial charge < -0.3 is 23.9 Å². The zero-order valence-corrected chi connectivity index (χ0v) is 17.9. The number of benzene rings is 2. The van der Waals surface area contributed by atoms with Gasteiger partial charge in [0.1, 0.15) is 0 Å². The summed E-state index contributed by atoms with van der Waals surface area (Å²) in [5, 5.41) is 0.908. The maximum atomic E-state index is 13.0. The highest BCUT2D eigenvalue weighted by Crippen LogP contribution is 2.43. The summed E-state index contributed by atoms with van der Waals surface area (Å²) in [6.45, 7) is 5.45. The lowest BCUT2D eigenvalue weighted by Crippen LogP contribution is -2.48. The van der Waals surface area contributed by atoms with E-state index in [1.54, 1.807) is 33.1 Å². The van der Waals surface area contributed by atoms with E-state index in [9.17, 15) is 9.59 Å². The number of methoxy groups -OCH3 is 1. The van der Waals surface area contributed by atoms with Gasteiger partial charge in [-0.15, -0.1) is 0 Å². The predicted octanol–water partition coefficient (Wildman–Crippen LogP) is 4.16. The van der Waals surface area contributed by atoms with Crippen molar-refractivity contribution in [2.75, 3.05) is 13.7 Å². The first-order valence-electron chi connectivity index (χ1n) is 10.2. The molecular weight excluding hydrogens is 398 g/mol. The van der Waals surface area contributed by atoms with Crippen LogP contribution in [0.15, 0.2) is 48.7 Å². The number of carbonyl (C=O) groups excluding carboxylic acids is 2. The molecular formula is C24H25NO6. The molecule has 31 heavy (non-hydrogen) atoms. The van der Waals surface area contributed by atoms with Crippen molar-refractivity contribution in [3.63, 3.8) is 0 Å². The van der Waals surface area contributed by atoms with Crippen LogP contribution in [0, 0.1) is 5.92 Å². The maximum absolute atomic E-state index is 13.0. The minimum absolute atomic E-state index is 0.484. The molecule has 0 amide bonds. The fraction of sp³-hybridized carbons (Fsp3) is 0.333. The van der Waals surface area contributed by atoms with E-state index >= 15 is 0 Å². The quantitative estimate of drug-likeness (QED) is 0.473. The molecule has 2 aromatic carbocycles. The first kappa shape index (κ1) is 20.8. The van der Waals surface area contributed by atoms with Crippen molar-refractivity contribution in [3.8, 4) is 11.5 Å². The highest BCUT2D eigenvalue weighted by molar-refractivity contribution is 5.99. The molecule has 7 heteroatoms. The van der Waals surface area contributed by atoms with E-state index in [0.29, 0.717) is 23.7 Å². The van der Waals surface area contributed by atoms with Crippen molar-refractivity contribution in [3.05, 3.63) is 59.8 Å². The molecule has 1 fully saturated rings. The average Bonchev–Trinajstić information content (AvgIpc) is 3.14. The van der Waals surface area contributed by atoms with Crippen LogP contribution < -0.4 is 9.47 Å². The molecule has 1 saturated heterocycles. The van der Waals surface area contributed by atoms with Crippen LogP contribution in [0.5, 0.6) is 11.5 Å². The number of hydrogen-bond donors (Lipinski definition) is 1. The van der Waals surface area contributed by atoms with Gasteiger partial charge in [0, 0.05) is 36.9 Å². The Morgan fingerprint density at radius 3 is 2.45 bits per heavy atom. The van der Waals surface area contributed by atoms with Crippen LogP contribution in [0.2, 0.25) is 0 Å². The van der Waals surface area contributed by atoms with Crippen molar-refractivity contribution in [2.45, 2.75) is 32.5 Å². The van der Waals surface area contributed by atoms with Crippen molar-refractivity contribution in [1.29, 1.82) is 0 Å². The third-order valence-electron chi connectivity index (χ3n) is 5.34. The molecule has 0 saturated carbocycles. The van der Waals surface area contributed by atoms with E-state index < -0.39 is 29.6 Å². The fourth-order valence-corrected chi connectivity index (χ4v) is 4.06. The van der Waals surface area contributed by atoms with Crippen molar-refractivity contribution < 1.29 is 28.5 Å². The monoisotopic (exact) mass is 423 g/mol. The number of nitrogens with one attached hydrogen (secondary N) is 1. The molecule has 0 aliphatic carbocycles. The van der Waals surface area contributed by atoms with Crippen molar-refractivity contribution in [2.24, 2.45) is 5.92 Å². The van der Waals surface area contributed by atoms with E-state index in [-0.39, 0.29) is 0 Å². The van der Waals surface area contributed by atoms with Gasteiger partial charge in [0.15, 0.2) is 17.4 Å². The Labute approximate surface area is 180 Å². The molecule has 0 unspecified atom stereocenters. The standard InChI is InChI=1S/C24H25NO6/c1-5-29-18-11-10-14(12-19(18)28-4)20(16-13-25-17-9-7-6-8-15(16)17)21-22(26)30-24(2,3)31-23(21)27/h6-13,20-21,25H,5H2,1-4H3/t20-/m1/s1. The number of aromatic amines is 1. The zero-order chi connectivity index (χ0) is 22.2. The summed E-state index contributed by atoms with van der Waals surface area (Å²) < 4.78 is 22.0. The van der Waals surface area contributed by atoms with E-state index in [1.165, 1.54) is 0 Å². The molecule has 1 aliphatic rings. The highest BCUT2D eigenvalue weighted by Gasteiger charge is 2.48. The smallest absolute Gasteiger partial charge is 0.324 e. The summed E-state index contributed by atoms with van der Waals surface area (Å²) in [6.07, 6.45) is 1.82. The van der Waals surface area contributed by atoms with Crippen LogP contribution >= 0.6 is 0 Å². The number of esters is 2. The number of carbonyl (C=O) groups is 2. The fourth-order valence-electron chi connectivity index (χ4n) is 4.06. The Morgan fingerprint density at radius 2 is 1.77 bits per heavy atom. The second kappa shape index (κ2) is 7.98. The van der Waals surface area contributed by atoms with E-state index in [4.69, 9.17) is 18.9 Å². The van der Waals surface area contributed by atoms with E-state index in [2.05, 4.69) is 4.98 Å². The molecule has 4 rings (SSSR count). The summed E-state index contributed by atoms with van der Waals surface area (Å²) in [6, 6.07) is 13.1. The van der Waals surface area contributed by atoms with Gasteiger partial charge in [-0.25, -0.2) is 0 Å². The summed E-state index contributed by atoms with van der Waals surface area (Å²) in [5.74, 6) is -3.24. The molecule has 1 atom stereocenters. The number of aromatic nitrogens is 1. The summed E-state index contributed by atoms with van der Waals surface area (Å²) in [7, 11) is 1.55. The Bertz CT molecular complexity index is 1110. The Morgan fingerprint density at radius 1 is 1.06 bits per heavy atom. The summed E-state index contributed by atoms with van der Waals surface area (Å²) in [4.78, 5) is 29.2. The largest absolute Gasteiger partial charge is 0.493 e. The minimum atomic E-state index is -1.30. The number of rotatable bonds is 6. The van der Waals surface area contributed by atoms with Crippen LogP contribution in [0.25, 0.3) is 10.9 Å². The first-order chi connectivity index (χ1) is 14.8. The van der Waals surface area contributed by atoms with Crippen LogP contribution in [0.3, 0.4) is 0 Å². The second-order valence-corrected chi connectivity index (χ2v) is 7.83. The Kier molecular flexibility index (Phi) is 5.35. The van der Waals surface area contributed by atoms with Gasteiger partial charge >= 0.3 is 11.9 Å². The minimum Gasteiger partial charge on any atom is -0.493 e. The van der Waals surface area contributed by atoms with Crippen LogP contribution in [0.4, 0.5) is 0 Å². The lowest BCUT2D eigenvalue weighted by Gasteiger charge is -2.36. The van der Waals surface area contributed by atoms with Gasteiger partial charge in [-0.1, -0.05) is 24.3 Å². The zero-order valence-electron chi connectivity index (χ0n) is 17.9. The first-order valence-corrected chi connectivity index (χ1v) is 10.2. The molecule has 0 bridgehead atoms. The number of ether oxygens (including phenoxy) is 4. The SMILES string of the molecule is CCOc1ccc([C@H](c2c[nH]c3ccccc23)C2C(=O)OC(C)(C)OC2=O)cc1OC. The van der Waals surface area contributed by atoms with Crippen LogP contribution in [-0.2, 0) is 19.1 Å². The number of fused-ring (bicyclic) bond motifs is 1. The number of hydrogen-bond acceptors (Lipinski definition) is 6. The number of cyclic esters (lactones) is 2. The van der Waals surface area contributed by atoms with Gasteiger partial charge in [-0.05, 0) is 36.2 Å². The van der Waals surface area contributed by atoms with Gasteiger partial charge in [0.25, 0.3) is 5.79 Å². The van der Waals surface area contributed by atoms with Gasteiger partial charge in [0.05, 0.1) is 13.7 Å². The molecule has 0 spiro atoms. The topological polar surface area (TPSA) is 86.9 Å². The third kappa shape index (κ3) is 3.83. The molecule has 1 N–H and O–H groups in total. The van der Waals surface area contributed by atoms with E-state index in [0.717, 1.165) is 16.5 Å². The molecule has 7 nitrogen and oxygen atoms in total. The molecule has 1 aliphatic heterocycles. The van der Waals surface area contributed by atoms with Crippen LogP contribution in [0.1, 0.15) is 37.8 Å². The van der Waals surface area contributed by atoms with Crippen LogP contribution in [-0.4, -0.2) is 36.4 Å². The predicted molar refractivity (Wildman–Crippen MR) is 114 cm³/mol. The molecule has 1 aromatic heterocycles. The number of H-pyrrole nitrogens is 1. The normalized spacial score (nSPS) is 17.2. The lowest BCUT2D eigenvalue weighted by molar-refractivity contribution is -0.240. The third-order valence-corrected chi connectivity index (χ3v) is 5.34. The Hall–Kier alpha value is -3.48. The van der Waals surface area contributed by atoms with Gasteiger partial charge in [-0.3, -0.25) is 9.59 Å². The maximum Gasteiger partial charge on any atom is 0.324 e. The molecule has 162 valence electrons. The van der Waals surface area contributed by atoms with E-state index in [1.807, 2.05) is 43.5 Å². The number of para-hydroxylation sites is 1. The van der Waals surface area contributed by atoms with Gasteiger partial charge in [0.2, 0.25) is 0 Å². The molecule has 3 aromatic rings. The average molecular weight is 423 g/mol. The molecule has 2 heterocycles. The summed E-state index contributed by atoms with van der Waals surface area (Å²) >= 11 is 0. The lowest BCUT2D eigenvalue weighted by atomic mass is 9.80. The second-order valence-electron chi connectivity index (χ2n) is 7.83. The van der Waals surface area contributed by atoms with Crippen molar-refractivity contribution >= 4 is 22.8 Å². The summed E-state index contributed by atoms with van der Waals surface area (Å²) in [5.41, 5.74) is 2.40.